The van der Waals surface area contributed by atoms with E-state index in [9.17, 15) is 19.5 Å². The molecule has 8 heteroatoms. The van der Waals surface area contributed by atoms with Gasteiger partial charge in [-0.2, -0.15) is 0 Å². The van der Waals surface area contributed by atoms with Crippen molar-refractivity contribution < 1.29 is 19.5 Å². The van der Waals surface area contributed by atoms with Crippen molar-refractivity contribution in [3.05, 3.63) is 22.9 Å². The lowest BCUT2D eigenvalue weighted by atomic mass is 9.83. The highest BCUT2D eigenvalue weighted by Crippen LogP contribution is 2.37. The van der Waals surface area contributed by atoms with Crippen molar-refractivity contribution in [3.63, 3.8) is 0 Å². The highest BCUT2D eigenvalue weighted by Gasteiger charge is 2.50. The minimum atomic E-state index is -1.14. The molecular formula is C18H24N4O4. The molecule has 4 rings (SSSR count). The number of carbonyl (C=O) groups is 3. The zero-order chi connectivity index (χ0) is 18.4. The van der Waals surface area contributed by atoms with E-state index in [4.69, 9.17) is 5.73 Å². The number of amides is 2. The molecule has 26 heavy (non-hydrogen) atoms. The summed E-state index contributed by atoms with van der Waals surface area (Å²) in [5, 5.41) is 12.9. The topological polar surface area (TPSA) is 116 Å². The van der Waals surface area contributed by atoms with Gasteiger partial charge in [-0.3, -0.25) is 14.5 Å². The molecule has 4 aliphatic rings. The maximum atomic E-state index is 12.8. The second-order valence-electron chi connectivity index (χ2n) is 7.42. The van der Waals surface area contributed by atoms with Crippen molar-refractivity contribution in [3.8, 4) is 0 Å². The first-order valence-electron chi connectivity index (χ1n) is 9.26. The van der Waals surface area contributed by atoms with E-state index in [0.717, 1.165) is 25.9 Å². The van der Waals surface area contributed by atoms with Crippen LogP contribution in [0.5, 0.6) is 0 Å². The fourth-order valence-corrected chi connectivity index (χ4v) is 4.55. The Morgan fingerprint density at radius 1 is 1.19 bits per heavy atom. The van der Waals surface area contributed by atoms with E-state index in [-0.39, 0.29) is 29.6 Å². The van der Waals surface area contributed by atoms with Crippen molar-refractivity contribution in [2.45, 2.75) is 50.2 Å². The molecule has 0 spiro atoms. The van der Waals surface area contributed by atoms with Gasteiger partial charge in [0, 0.05) is 18.2 Å². The molecular weight excluding hydrogens is 336 g/mol. The largest absolute Gasteiger partial charge is 0.477 e. The molecule has 0 radical (unpaired) electrons. The molecule has 2 amide bonds. The van der Waals surface area contributed by atoms with Gasteiger partial charge in [-0.25, -0.2) is 4.79 Å². The summed E-state index contributed by atoms with van der Waals surface area (Å²) in [6.07, 6.45) is 5.38. The maximum Gasteiger partial charge on any atom is 0.352 e. The summed E-state index contributed by atoms with van der Waals surface area (Å²) < 4.78 is 0. The third kappa shape index (κ3) is 2.64. The minimum absolute atomic E-state index is 0.00268. The van der Waals surface area contributed by atoms with E-state index >= 15 is 0 Å². The standard InChI is InChI=1S/C18H24N4O4/c19-14-13-2-1-10(15(18(25)26)22(13)17(14)24)9-11-5-8-21(16(11)23)12-3-6-20-7-4-12/h9,12-14,20H,1-8,19H2,(H,25,26)/b11-9+/t13-,14+/m1/s1. The lowest BCUT2D eigenvalue weighted by Gasteiger charge is -2.48. The van der Waals surface area contributed by atoms with Crippen LogP contribution in [0.25, 0.3) is 0 Å². The van der Waals surface area contributed by atoms with Gasteiger partial charge in [0.2, 0.25) is 11.8 Å². The van der Waals surface area contributed by atoms with Gasteiger partial charge < -0.3 is 21.1 Å². The van der Waals surface area contributed by atoms with E-state index < -0.39 is 12.0 Å². The highest BCUT2D eigenvalue weighted by atomic mass is 16.4. The number of carbonyl (C=O) groups excluding carboxylic acids is 2. The molecule has 0 aromatic heterocycles. The number of nitrogens with one attached hydrogen (secondary N) is 1. The maximum absolute atomic E-state index is 12.8. The molecule has 0 unspecified atom stereocenters. The molecule has 3 saturated heterocycles. The predicted octanol–water partition coefficient (Wildman–Crippen LogP) is -0.432. The number of fused-ring (bicyclic) bond motifs is 1. The SMILES string of the molecule is N[C@@H]1C(=O)N2C(C(=O)O)=C(/C=C3\CCN(C4CCNCC4)C3=O)CC[C@H]12. The zero-order valence-corrected chi connectivity index (χ0v) is 14.6. The van der Waals surface area contributed by atoms with Gasteiger partial charge in [0.15, 0.2) is 0 Å². The first-order chi connectivity index (χ1) is 12.5. The fourth-order valence-electron chi connectivity index (χ4n) is 4.55. The summed E-state index contributed by atoms with van der Waals surface area (Å²) >= 11 is 0. The van der Waals surface area contributed by atoms with Crippen LogP contribution in [0.15, 0.2) is 22.9 Å². The Balaban J connectivity index is 1.59. The second kappa shape index (κ2) is 6.51. The lowest BCUT2D eigenvalue weighted by molar-refractivity contribution is -0.152. The van der Waals surface area contributed by atoms with E-state index in [0.29, 0.717) is 37.0 Å². The quantitative estimate of drug-likeness (QED) is 0.464. The summed E-state index contributed by atoms with van der Waals surface area (Å²) in [6.45, 7) is 2.52. The van der Waals surface area contributed by atoms with Gasteiger partial charge in [-0.15, -0.1) is 0 Å². The van der Waals surface area contributed by atoms with Crippen LogP contribution in [0.2, 0.25) is 0 Å². The molecule has 0 aromatic rings. The molecule has 140 valence electrons. The Morgan fingerprint density at radius 2 is 1.92 bits per heavy atom. The summed E-state index contributed by atoms with van der Waals surface area (Å²) in [5.74, 6) is -1.48. The van der Waals surface area contributed by atoms with E-state index in [1.54, 1.807) is 6.08 Å². The van der Waals surface area contributed by atoms with Gasteiger partial charge in [0.05, 0.1) is 6.04 Å². The number of nitrogens with two attached hydrogens (primary N) is 1. The summed E-state index contributed by atoms with van der Waals surface area (Å²) in [6, 6.07) is -0.586. The molecule has 0 saturated carbocycles. The van der Waals surface area contributed by atoms with Crippen LogP contribution < -0.4 is 11.1 Å². The lowest BCUT2D eigenvalue weighted by Crippen LogP contribution is -2.69. The van der Waals surface area contributed by atoms with E-state index in [1.165, 1.54) is 4.90 Å². The van der Waals surface area contributed by atoms with Crippen LogP contribution in [0.1, 0.15) is 32.1 Å². The average Bonchev–Trinajstić information content (AvgIpc) is 3.01. The van der Waals surface area contributed by atoms with Gasteiger partial charge in [0.1, 0.15) is 11.7 Å². The number of rotatable bonds is 3. The number of hydrogen-bond donors (Lipinski definition) is 3. The van der Waals surface area contributed by atoms with Gasteiger partial charge in [-0.1, -0.05) is 0 Å². The van der Waals surface area contributed by atoms with Gasteiger partial charge in [-0.05, 0) is 56.8 Å². The van der Waals surface area contributed by atoms with Gasteiger partial charge in [0.25, 0.3) is 0 Å². The Morgan fingerprint density at radius 3 is 2.62 bits per heavy atom. The molecule has 0 aromatic carbocycles. The van der Waals surface area contributed by atoms with Crippen molar-refractivity contribution in [2.24, 2.45) is 5.73 Å². The number of aliphatic carboxylic acids is 1. The van der Waals surface area contributed by atoms with Gasteiger partial charge >= 0.3 is 5.97 Å². The summed E-state index contributed by atoms with van der Waals surface area (Å²) in [5.41, 5.74) is 6.98. The number of carboxylic acid groups (broad SMARTS) is 1. The third-order valence-electron chi connectivity index (χ3n) is 5.98. The fraction of sp³-hybridized carbons (Fsp3) is 0.611. The molecule has 0 aliphatic carbocycles. The predicted molar refractivity (Wildman–Crippen MR) is 92.8 cm³/mol. The van der Waals surface area contributed by atoms with Crippen LogP contribution in [0, 0.1) is 0 Å². The number of β-lactam (4-membered cyclic amide) rings is 1. The van der Waals surface area contributed by atoms with Crippen molar-refractivity contribution >= 4 is 17.8 Å². The second-order valence-corrected chi connectivity index (χ2v) is 7.42. The highest BCUT2D eigenvalue weighted by molar-refractivity contribution is 6.01. The normalized spacial score (nSPS) is 31.5. The average molecular weight is 360 g/mol. The smallest absolute Gasteiger partial charge is 0.352 e. The number of piperidine rings is 1. The van der Waals surface area contributed by atoms with E-state index in [1.807, 2.05) is 4.90 Å². The number of allylic oxidation sites excluding steroid dienone is 2. The summed E-state index contributed by atoms with van der Waals surface area (Å²) in [4.78, 5) is 39.8. The monoisotopic (exact) mass is 360 g/mol. The third-order valence-corrected chi connectivity index (χ3v) is 5.98. The number of likely N-dealkylation sites (tertiary alicyclic amines) is 1. The molecule has 2 atom stereocenters. The Hall–Kier alpha value is -2.19. The van der Waals surface area contributed by atoms with Crippen LogP contribution in [-0.2, 0) is 14.4 Å². The Bertz CT molecular complexity index is 723. The zero-order valence-electron chi connectivity index (χ0n) is 14.6. The van der Waals surface area contributed by atoms with Crippen LogP contribution in [0.4, 0.5) is 0 Å². The molecule has 0 bridgehead atoms. The number of carboxylic acids is 1. The molecule has 4 aliphatic heterocycles. The summed E-state index contributed by atoms with van der Waals surface area (Å²) in [7, 11) is 0. The van der Waals surface area contributed by atoms with Crippen molar-refractivity contribution in [1.82, 2.24) is 15.1 Å². The van der Waals surface area contributed by atoms with Crippen molar-refractivity contribution in [1.29, 1.82) is 0 Å². The van der Waals surface area contributed by atoms with E-state index in [2.05, 4.69) is 5.32 Å². The van der Waals surface area contributed by atoms with Crippen LogP contribution >= 0.6 is 0 Å². The first-order valence-corrected chi connectivity index (χ1v) is 9.26. The van der Waals surface area contributed by atoms with Crippen LogP contribution in [-0.4, -0.2) is 70.4 Å². The van der Waals surface area contributed by atoms with Crippen molar-refractivity contribution in [2.75, 3.05) is 19.6 Å². The molecule has 8 nitrogen and oxygen atoms in total. The number of nitrogens with zero attached hydrogens (tertiary/aromatic N) is 2. The molecule has 4 heterocycles. The Labute approximate surface area is 151 Å². The van der Waals surface area contributed by atoms with Crippen LogP contribution in [0.3, 0.4) is 0 Å². The molecule has 4 N–H and O–H groups in total. The Kier molecular flexibility index (Phi) is 4.32. The number of hydrogen-bond acceptors (Lipinski definition) is 5. The minimum Gasteiger partial charge on any atom is -0.477 e. The molecule has 3 fully saturated rings. The first kappa shape index (κ1) is 17.2.